The lowest BCUT2D eigenvalue weighted by Gasteiger charge is -2.17. The van der Waals surface area contributed by atoms with E-state index >= 15 is 0 Å². The molecular formula is C14H14BrNO3S. The first-order valence-corrected chi connectivity index (χ1v) is 7.54. The molecule has 6 heteroatoms. The molecule has 2 rings (SSSR count). The highest BCUT2D eigenvalue weighted by atomic mass is 79.9. The van der Waals surface area contributed by atoms with E-state index in [4.69, 9.17) is 9.47 Å². The summed E-state index contributed by atoms with van der Waals surface area (Å²) in [7, 11) is 3.00. The molecule has 0 radical (unpaired) electrons. The Labute approximate surface area is 129 Å². The lowest BCUT2D eigenvalue weighted by molar-refractivity contribution is -0.141. The van der Waals surface area contributed by atoms with Gasteiger partial charge in [0.15, 0.2) is 6.04 Å². The monoisotopic (exact) mass is 355 g/mol. The van der Waals surface area contributed by atoms with Gasteiger partial charge in [-0.1, -0.05) is 0 Å². The second-order valence-corrected chi connectivity index (χ2v) is 5.76. The van der Waals surface area contributed by atoms with Crippen LogP contribution in [0.15, 0.2) is 40.2 Å². The van der Waals surface area contributed by atoms with E-state index in [1.807, 2.05) is 35.7 Å². The first-order valence-electron chi connectivity index (χ1n) is 5.87. The van der Waals surface area contributed by atoms with Crippen LogP contribution in [-0.2, 0) is 9.53 Å². The number of thiophene rings is 1. The van der Waals surface area contributed by atoms with Gasteiger partial charge in [-0.3, -0.25) is 0 Å². The molecule has 0 aliphatic heterocycles. The summed E-state index contributed by atoms with van der Waals surface area (Å²) in [6.07, 6.45) is 0. The molecule has 0 aliphatic rings. The fourth-order valence-electron chi connectivity index (χ4n) is 1.71. The maximum Gasteiger partial charge on any atom is 0.333 e. The van der Waals surface area contributed by atoms with Gasteiger partial charge in [0, 0.05) is 10.2 Å². The average molecular weight is 356 g/mol. The summed E-state index contributed by atoms with van der Waals surface area (Å²) in [4.78, 5) is 12.8. The lowest BCUT2D eigenvalue weighted by atomic mass is 10.2. The molecular weight excluding hydrogens is 342 g/mol. The number of benzene rings is 1. The van der Waals surface area contributed by atoms with E-state index < -0.39 is 6.04 Å². The van der Waals surface area contributed by atoms with E-state index in [0.29, 0.717) is 0 Å². The first kappa shape index (κ1) is 14.9. The highest BCUT2D eigenvalue weighted by Crippen LogP contribution is 2.32. The molecule has 0 saturated carbocycles. The molecule has 1 aromatic carbocycles. The third-order valence-corrected chi connectivity index (χ3v) is 4.68. The zero-order valence-electron chi connectivity index (χ0n) is 11.1. The topological polar surface area (TPSA) is 47.6 Å². The van der Waals surface area contributed by atoms with E-state index in [1.54, 1.807) is 7.11 Å². The Morgan fingerprint density at radius 3 is 2.45 bits per heavy atom. The number of ether oxygens (including phenoxy) is 2. The van der Waals surface area contributed by atoms with E-state index in [0.717, 1.165) is 20.8 Å². The normalized spacial score (nSPS) is 11.8. The number of esters is 1. The summed E-state index contributed by atoms with van der Waals surface area (Å²) in [5.74, 6) is 0.437. The van der Waals surface area contributed by atoms with Crippen LogP contribution in [-0.4, -0.2) is 20.2 Å². The van der Waals surface area contributed by atoms with E-state index in [1.165, 1.54) is 18.4 Å². The number of rotatable bonds is 5. The van der Waals surface area contributed by atoms with Crippen molar-refractivity contribution in [2.24, 2.45) is 0 Å². The van der Waals surface area contributed by atoms with Gasteiger partial charge in [-0.05, 0) is 51.6 Å². The maximum atomic E-state index is 12.0. The van der Waals surface area contributed by atoms with Crippen LogP contribution in [0.3, 0.4) is 0 Å². The standard InChI is InChI=1S/C14H14BrNO3S/c1-18-10-5-3-9(4-6-10)16-12(14(17)19-2)13-11(15)7-8-20-13/h3-8,12,16H,1-2H3. The van der Waals surface area contributed by atoms with Gasteiger partial charge < -0.3 is 14.8 Å². The van der Waals surface area contributed by atoms with Gasteiger partial charge in [0.05, 0.1) is 19.1 Å². The van der Waals surface area contributed by atoms with Crippen LogP contribution in [0.1, 0.15) is 10.9 Å². The number of anilines is 1. The summed E-state index contributed by atoms with van der Waals surface area (Å²) in [6, 6.07) is 8.75. The lowest BCUT2D eigenvalue weighted by Crippen LogP contribution is -2.21. The van der Waals surface area contributed by atoms with Gasteiger partial charge in [-0.25, -0.2) is 4.79 Å². The highest BCUT2D eigenvalue weighted by molar-refractivity contribution is 9.10. The minimum atomic E-state index is -0.539. The van der Waals surface area contributed by atoms with Crippen molar-refractivity contribution in [1.82, 2.24) is 0 Å². The van der Waals surface area contributed by atoms with E-state index in [9.17, 15) is 4.79 Å². The van der Waals surface area contributed by atoms with E-state index in [2.05, 4.69) is 21.2 Å². The first-order chi connectivity index (χ1) is 9.65. The largest absolute Gasteiger partial charge is 0.497 e. The molecule has 0 bridgehead atoms. The number of nitrogens with one attached hydrogen (secondary N) is 1. The van der Waals surface area contributed by atoms with Crippen molar-refractivity contribution in [2.45, 2.75) is 6.04 Å². The molecule has 4 nitrogen and oxygen atoms in total. The predicted octanol–water partition coefficient (Wildman–Crippen LogP) is 3.85. The fourth-order valence-corrected chi connectivity index (χ4v) is 3.35. The van der Waals surface area contributed by atoms with Gasteiger partial charge >= 0.3 is 5.97 Å². The van der Waals surface area contributed by atoms with Crippen molar-refractivity contribution in [3.8, 4) is 5.75 Å². The SMILES string of the molecule is COC(=O)C(Nc1ccc(OC)cc1)c1sccc1Br. The molecule has 0 saturated heterocycles. The maximum absolute atomic E-state index is 12.0. The van der Waals surface area contributed by atoms with Gasteiger partial charge in [0.2, 0.25) is 0 Å². The summed E-state index contributed by atoms with van der Waals surface area (Å²) in [6.45, 7) is 0. The Morgan fingerprint density at radius 2 is 1.95 bits per heavy atom. The fraction of sp³-hybridized carbons (Fsp3) is 0.214. The van der Waals surface area contributed by atoms with E-state index in [-0.39, 0.29) is 5.97 Å². The van der Waals surface area contributed by atoms with Crippen LogP contribution in [0.25, 0.3) is 0 Å². The minimum absolute atomic E-state index is 0.330. The Morgan fingerprint density at radius 1 is 1.25 bits per heavy atom. The zero-order valence-corrected chi connectivity index (χ0v) is 13.5. The zero-order chi connectivity index (χ0) is 14.5. The molecule has 20 heavy (non-hydrogen) atoms. The van der Waals surface area contributed by atoms with Crippen molar-refractivity contribution in [3.63, 3.8) is 0 Å². The Balaban J connectivity index is 2.24. The second kappa shape index (κ2) is 6.76. The Bertz CT molecular complexity index is 582. The van der Waals surface area contributed by atoms with Crippen molar-refractivity contribution < 1.29 is 14.3 Å². The molecule has 1 heterocycles. The van der Waals surface area contributed by atoms with Crippen LogP contribution >= 0.6 is 27.3 Å². The molecule has 1 aromatic heterocycles. The third-order valence-electron chi connectivity index (χ3n) is 2.74. The van der Waals surface area contributed by atoms with Crippen molar-refractivity contribution >= 4 is 38.9 Å². The van der Waals surface area contributed by atoms with Crippen molar-refractivity contribution in [2.75, 3.05) is 19.5 Å². The molecule has 0 aliphatic carbocycles. The summed E-state index contributed by atoms with van der Waals surface area (Å²) < 4.78 is 10.9. The van der Waals surface area contributed by atoms with Crippen LogP contribution in [0, 0.1) is 0 Å². The number of halogens is 1. The molecule has 2 aromatic rings. The van der Waals surface area contributed by atoms with Crippen LogP contribution in [0.2, 0.25) is 0 Å². The molecule has 1 unspecified atom stereocenters. The van der Waals surface area contributed by atoms with Crippen LogP contribution in [0.4, 0.5) is 5.69 Å². The molecule has 0 amide bonds. The predicted molar refractivity (Wildman–Crippen MR) is 83.4 cm³/mol. The number of carbonyl (C=O) groups is 1. The van der Waals surface area contributed by atoms with Gasteiger partial charge in [0.25, 0.3) is 0 Å². The van der Waals surface area contributed by atoms with Gasteiger partial charge in [-0.15, -0.1) is 11.3 Å². The minimum Gasteiger partial charge on any atom is -0.497 e. The number of carbonyl (C=O) groups excluding carboxylic acids is 1. The van der Waals surface area contributed by atoms with Crippen LogP contribution < -0.4 is 10.1 Å². The highest BCUT2D eigenvalue weighted by Gasteiger charge is 2.24. The van der Waals surface area contributed by atoms with Crippen molar-refractivity contribution in [1.29, 1.82) is 0 Å². The third kappa shape index (κ3) is 3.32. The Kier molecular flexibility index (Phi) is 5.03. The quantitative estimate of drug-likeness (QED) is 0.827. The molecule has 1 N–H and O–H groups in total. The number of hydrogen-bond donors (Lipinski definition) is 1. The second-order valence-electron chi connectivity index (χ2n) is 3.96. The van der Waals surface area contributed by atoms with Crippen molar-refractivity contribution in [3.05, 3.63) is 45.1 Å². The summed E-state index contributed by atoms with van der Waals surface area (Å²) in [5.41, 5.74) is 0.821. The molecule has 106 valence electrons. The average Bonchev–Trinajstić information content (AvgIpc) is 2.90. The number of hydrogen-bond acceptors (Lipinski definition) is 5. The van der Waals surface area contributed by atoms with Crippen LogP contribution in [0.5, 0.6) is 5.75 Å². The van der Waals surface area contributed by atoms with Gasteiger partial charge in [-0.2, -0.15) is 0 Å². The summed E-state index contributed by atoms with van der Waals surface area (Å²) in [5, 5.41) is 5.10. The molecule has 0 fully saturated rings. The molecule has 0 spiro atoms. The molecule has 1 atom stereocenters. The summed E-state index contributed by atoms with van der Waals surface area (Å²) >= 11 is 4.94. The number of methoxy groups -OCH3 is 2. The van der Waals surface area contributed by atoms with Gasteiger partial charge in [0.1, 0.15) is 5.75 Å². The smallest absolute Gasteiger partial charge is 0.333 e. The Hall–Kier alpha value is -1.53.